The summed E-state index contributed by atoms with van der Waals surface area (Å²) in [6.07, 6.45) is 1.83. The number of nitrogens with zero attached hydrogens (tertiary/aromatic N) is 2. The summed E-state index contributed by atoms with van der Waals surface area (Å²) in [5.41, 5.74) is 6.34. The summed E-state index contributed by atoms with van der Waals surface area (Å²) in [4.78, 5) is 13.0. The lowest BCUT2D eigenvalue weighted by Crippen LogP contribution is -2.22. The molecule has 4 nitrogen and oxygen atoms in total. The first-order valence-corrected chi connectivity index (χ1v) is 4.24. The topological polar surface area (TPSA) is 51.3 Å². The smallest absolute Gasteiger partial charge is 0.257 e. The van der Waals surface area contributed by atoms with Gasteiger partial charge in [-0.2, -0.15) is 0 Å². The van der Waals surface area contributed by atoms with Gasteiger partial charge in [0.25, 0.3) is 5.91 Å². The van der Waals surface area contributed by atoms with E-state index in [4.69, 9.17) is 5.73 Å². The van der Waals surface area contributed by atoms with Gasteiger partial charge in [0.1, 0.15) is 5.82 Å². The molecule has 0 saturated carbocycles. The van der Waals surface area contributed by atoms with E-state index in [-0.39, 0.29) is 5.91 Å². The second-order valence-corrected chi connectivity index (χ2v) is 3.10. The van der Waals surface area contributed by atoms with E-state index >= 15 is 0 Å². The molecule has 72 valence electrons. The predicted octanol–water partition coefficient (Wildman–Crippen LogP) is 0.792. The Labute approximate surface area is 77.9 Å². The van der Waals surface area contributed by atoms with E-state index in [1.807, 2.05) is 17.7 Å². The van der Waals surface area contributed by atoms with E-state index in [1.54, 1.807) is 20.2 Å². The first kappa shape index (κ1) is 9.64. The number of carbonyl (C=O) groups excluding carboxylic acids is 1. The summed E-state index contributed by atoms with van der Waals surface area (Å²) in [6, 6.07) is 1.75. The van der Waals surface area contributed by atoms with Crippen molar-refractivity contribution >= 4 is 11.7 Å². The third-order valence-corrected chi connectivity index (χ3v) is 1.98. The SMILES string of the molecule is CCn1ccc(C(=O)N(C)C)c1N. The molecule has 0 aliphatic rings. The maximum absolute atomic E-state index is 11.5. The molecule has 0 radical (unpaired) electrons. The van der Waals surface area contributed by atoms with Gasteiger partial charge in [-0.1, -0.05) is 0 Å². The van der Waals surface area contributed by atoms with Crippen molar-refractivity contribution in [1.82, 2.24) is 9.47 Å². The minimum absolute atomic E-state index is 0.0512. The van der Waals surface area contributed by atoms with Crippen LogP contribution in [0.5, 0.6) is 0 Å². The molecular formula is C9H15N3O. The number of aryl methyl sites for hydroxylation is 1. The number of anilines is 1. The molecule has 13 heavy (non-hydrogen) atoms. The van der Waals surface area contributed by atoms with Gasteiger partial charge in [0.15, 0.2) is 0 Å². The highest BCUT2D eigenvalue weighted by Crippen LogP contribution is 2.14. The molecule has 0 fully saturated rings. The average Bonchev–Trinajstić information content (AvgIpc) is 2.45. The van der Waals surface area contributed by atoms with Crippen LogP contribution in [0.3, 0.4) is 0 Å². The number of hydrogen-bond donors (Lipinski definition) is 1. The van der Waals surface area contributed by atoms with Gasteiger partial charge in [0.2, 0.25) is 0 Å². The highest BCUT2D eigenvalue weighted by Gasteiger charge is 2.14. The molecule has 1 rings (SSSR count). The molecule has 1 aromatic heterocycles. The molecule has 4 heteroatoms. The fourth-order valence-corrected chi connectivity index (χ4v) is 1.18. The van der Waals surface area contributed by atoms with E-state index in [2.05, 4.69) is 0 Å². The molecule has 0 bridgehead atoms. The van der Waals surface area contributed by atoms with Crippen molar-refractivity contribution in [3.05, 3.63) is 17.8 Å². The van der Waals surface area contributed by atoms with Gasteiger partial charge in [-0.15, -0.1) is 0 Å². The van der Waals surface area contributed by atoms with Gasteiger partial charge in [-0.05, 0) is 13.0 Å². The van der Waals surface area contributed by atoms with E-state index in [9.17, 15) is 4.79 Å². The molecule has 0 saturated heterocycles. The van der Waals surface area contributed by atoms with Crippen LogP contribution in [0.1, 0.15) is 17.3 Å². The summed E-state index contributed by atoms with van der Waals surface area (Å²) < 4.78 is 1.84. The Morgan fingerprint density at radius 1 is 1.62 bits per heavy atom. The zero-order valence-corrected chi connectivity index (χ0v) is 8.24. The summed E-state index contributed by atoms with van der Waals surface area (Å²) >= 11 is 0. The van der Waals surface area contributed by atoms with Gasteiger partial charge in [0, 0.05) is 26.8 Å². The zero-order chi connectivity index (χ0) is 10.0. The van der Waals surface area contributed by atoms with Crippen molar-refractivity contribution in [2.75, 3.05) is 19.8 Å². The number of nitrogens with two attached hydrogens (primary N) is 1. The van der Waals surface area contributed by atoms with Crippen molar-refractivity contribution < 1.29 is 4.79 Å². The molecule has 0 aliphatic carbocycles. The third kappa shape index (κ3) is 1.66. The Bertz CT molecular complexity index is 315. The molecule has 2 N–H and O–H groups in total. The van der Waals surface area contributed by atoms with Crippen molar-refractivity contribution in [3.8, 4) is 0 Å². The molecular weight excluding hydrogens is 166 g/mol. The van der Waals surface area contributed by atoms with Crippen LogP contribution in [0.25, 0.3) is 0 Å². The minimum atomic E-state index is -0.0512. The first-order valence-electron chi connectivity index (χ1n) is 4.24. The largest absolute Gasteiger partial charge is 0.384 e. The second-order valence-electron chi connectivity index (χ2n) is 3.10. The molecule has 0 unspecified atom stereocenters. The van der Waals surface area contributed by atoms with Gasteiger partial charge in [0.05, 0.1) is 5.56 Å². The summed E-state index contributed by atoms with van der Waals surface area (Å²) in [5.74, 6) is 0.492. The normalized spacial score (nSPS) is 10.1. The Kier molecular flexibility index (Phi) is 2.60. The Morgan fingerprint density at radius 2 is 2.23 bits per heavy atom. The van der Waals surface area contributed by atoms with E-state index in [0.717, 1.165) is 6.54 Å². The first-order chi connectivity index (χ1) is 6.07. The third-order valence-electron chi connectivity index (χ3n) is 1.98. The maximum atomic E-state index is 11.5. The lowest BCUT2D eigenvalue weighted by molar-refractivity contribution is 0.0828. The van der Waals surface area contributed by atoms with Crippen LogP contribution in [0.4, 0.5) is 5.82 Å². The standard InChI is InChI=1S/C9H15N3O/c1-4-12-6-5-7(8(12)10)9(13)11(2)3/h5-6H,4,10H2,1-3H3. The summed E-state index contributed by atoms with van der Waals surface area (Å²) in [7, 11) is 3.43. The molecule has 1 aromatic rings. The lowest BCUT2D eigenvalue weighted by atomic mass is 10.3. The van der Waals surface area contributed by atoms with Gasteiger partial charge in [-0.25, -0.2) is 0 Å². The summed E-state index contributed by atoms with van der Waals surface area (Å²) in [5, 5.41) is 0. The van der Waals surface area contributed by atoms with Crippen LogP contribution >= 0.6 is 0 Å². The number of amides is 1. The van der Waals surface area contributed by atoms with E-state index in [1.165, 1.54) is 4.90 Å². The molecule has 1 amide bonds. The van der Waals surface area contributed by atoms with Crippen molar-refractivity contribution in [2.45, 2.75) is 13.5 Å². The van der Waals surface area contributed by atoms with Gasteiger partial charge >= 0.3 is 0 Å². The van der Waals surface area contributed by atoms with Crippen LogP contribution in [-0.2, 0) is 6.54 Å². The van der Waals surface area contributed by atoms with Crippen molar-refractivity contribution in [2.24, 2.45) is 0 Å². The Hall–Kier alpha value is -1.45. The molecule has 0 aromatic carbocycles. The predicted molar refractivity (Wildman–Crippen MR) is 52.5 cm³/mol. The second kappa shape index (κ2) is 3.51. The molecule has 0 spiro atoms. The van der Waals surface area contributed by atoms with Crippen LogP contribution in [-0.4, -0.2) is 29.5 Å². The maximum Gasteiger partial charge on any atom is 0.257 e. The monoisotopic (exact) mass is 181 g/mol. The highest BCUT2D eigenvalue weighted by atomic mass is 16.2. The van der Waals surface area contributed by atoms with Crippen LogP contribution in [0, 0.1) is 0 Å². The number of nitrogen functional groups attached to an aromatic ring is 1. The Balaban J connectivity index is 3.02. The molecule has 0 aliphatic heterocycles. The lowest BCUT2D eigenvalue weighted by Gasteiger charge is -2.10. The van der Waals surface area contributed by atoms with Gasteiger partial charge < -0.3 is 15.2 Å². The summed E-state index contributed by atoms with van der Waals surface area (Å²) in [6.45, 7) is 2.77. The Morgan fingerprint density at radius 3 is 2.62 bits per heavy atom. The quantitative estimate of drug-likeness (QED) is 0.733. The molecule has 0 atom stereocenters. The van der Waals surface area contributed by atoms with E-state index < -0.39 is 0 Å². The van der Waals surface area contributed by atoms with Gasteiger partial charge in [-0.3, -0.25) is 4.79 Å². The van der Waals surface area contributed by atoms with E-state index in [0.29, 0.717) is 11.4 Å². The average molecular weight is 181 g/mol. The fraction of sp³-hybridized carbons (Fsp3) is 0.444. The highest BCUT2D eigenvalue weighted by molar-refractivity contribution is 5.98. The van der Waals surface area contributed by atoms with Crippen molar-refractivity contribution in [3.63, 3.8) is 0 Å². The number of rotatable bonds is 2. The van der Waals surface area contributed by atoms with Crippen LogP contribution in [0.15, 0.2) is 12.3 Å². The number of aromatic nitrogens is 1. The minimum Gasteiger partial charge on any atom is -0.384 e. The fourth-order valence-electron chi connectivity index (χ4n) is 1.18. The zero-order valence-electron chi connectivity index (χ0n) is 8.24. The van der Waals surface area contributed by atoms with Crippen LogP contribution < -0.4 is 5.73 Å². The number of carbonyl (C=O) groups is 1. The van der Waals surface area contributed by atoms with Crippen molar-refractivity contribution in [1.29, 1.82) is 0 Å². The van der Waals surface area contributed by atoms with Crippen LogP contribution in [0.2, 0.25) is 0 Å². The molecule has 1 heterocycles. The number of hydrogen-bond acceptors (Lipinski definition) is 2.